The maximum atomic E-state index is 12.0. The van der Waals surface area contributed by atoms with Crippen LogP contribution in [0.2, 0.25) is 0 Å². The van der Waals surface area contributed by atoms with E-state index in [9.17, 15) is 4.79 Å². The van der Waals surface area contributed by atoms with Crippen molar-refractivity contribution in [3.8, 4) is 0 Å². The number of rotatable bonds is 9. The molecule has 30 heavy (non-hydrogen) atoms. The van der Waals surface area contributed by atoms with Gasteiger partial charge in [-0.3, -0.25) is 4.90 Å². The van der Waals surface area contributed by atoms with E-state index in [1.807, 2.05) is 13.8 Å². The van der Waals surface area contributed by atoms with Crippen LogP contribution in [0.5, 0.6) is 0 Å². The quantitative estimate of drug-likeness (QED) is 0.610. The van der Waals surface area contributed by atoms with Gasteiger partial charge in [-0.05, 0) is 49.4 Å². The number of carbonyl (C=O) groups excluding carboxylic acids is 1. The molecule has 1 aliphatic rings. The predicted molar refractivity (Wildman–Crippen MR) is 117 cm³/mol. The standard InChI is InChI=1S/C23H35N5O2/c1-17(2)22-26-21(30-27-22)5-4-12-24-23(29)25-15-19-6-8-20(9-7-19)16-28-13-10-18(3)11-14-28/h6-9,17-18H,4-5,10-16H2,1-3H3,(H2,24,25,29). The maximum Gasteiger partial charge on any atom is 0.315 e. The van der Waals surface area contributed by atoms with Crippen LogP contribution in [-0.4, -0.2) is 40.7 Å². The summed E-state index contributed by atoms with van der Waals surface area (Å²) in [6.07, 6.45) is 4.02. The van der Waals surface area contributed by atoms with Crippen molar-refractivity contribution in [3.05, 3.63) is 47.1 Å². The van der Waals surface area contributed by atoms with Crippen LogP contribution in [0.15, 0.2) is 28.8 Å². The number of carbonyl (C=O) groups is 1. The van der Waals surface area contributed by atoms with Crippen molar-refractivity contribution in [2.24, 2.45) is 5.92 Å². The molecule has 7 nitrogen and oxygen atoms in total. The van der Waals surface area contributed by atoms with E-state index in [1.165, 1.54) is 31.5 Å². The summed E-state index contributed by atoms with van der Waals surface area (Å²) < 4.78 is 5.21. The van der Waals surface area contributed by atoms with Crippen molar-refractivity contribution in [1.82, 2.24) is 25.7 Å². The van der Waals surface area contributed by atoms with Crippen LogP contribution in [0.3, 0.4) is 0 Å². The summed E-state index contributed by atoms with van der Waals surface area (Å²) in [6.45, 7) is 10.9. The molecular weight excluding hydrogens is 378 g/mol. The van der Waals surface area contributed by atoms with Crippen LogP contribution in [0.1, 0.15) is 68.8 Å². The lowest BCUT2D eigenvalue weighted by Gasteiger charge is -2.30. The van der Waals surface area contributed by atoms with Crippen molar-refractivity contribution in [2.75, 3.05) is 19.6 Å². The molecule has 1 fully saturated rings. The van der Waals surface area contributed by atoms with E-state index in [1.54, 1.807) is 0 Å². The summed E-state index contributed by atoms with van der Waals surface area (Å²) in [5.41, 5.74) is 2.44. The van der Waals surface area contributed by atoms with Gasteiger partial charge in [0.15, 0.2) is 5.82 Å². The summed E-state index contributed by atoms with van der Waals surface area (Å²) in [5.74, 6) is 2.47. The Morgan fingerprint density at radius 1 is 1.17 bits per heavy atom. The van der Waals surface area contributed by atoms with Gasteiger partial charge in [0.25, 0.3) is 0 Å². The molecule has 1 aromatic carbocycles. The summed E-state index contributed by atoms with van der Waals surface area (Å²) in [6, 6.07) is 8.38. The second kappa shape index (κ2) is 11.1. The zero-order valence-corrected chi connectivity index (χ0v) is 18.5. The van der Waals surface area contributed by atoms with Crippen LogP contribution >= 0.6 is 0 Å². The Balaban J connectivity index is 1.30. The Labute approximate surface area is 179 Å². The number of nitrogens with one attached hydrogen (secondary N) is 2. The van der Waals surface area contributed by atoms with Gasteiger partial charge in [-0.25, -0.2) is 4.79 Å². The zero-order chi connectivity index (χ0) is 21.3. The molecule has 1 aliphatic heterocycles. The highest BCUT2D eigenvalue weighted by molar-refractivity contribution is 5.73. The molecule has 2 N–H and O–H groups in total. The number of likely N-dealkylation sites (tertiary alicyclic amines) is 1. The molecular formula is C23H35N5O2. The van der Waals surface area contributed by atoms with E-state index in [4.69, 9.17) is 4.52 Å². The molecule has 1 aromatic heterocycles. The van der Waals surface area contributed by atoms with E-state index < -0.39 is 0 Å². The number of urea groups is 1. The second-order valence-corrected chi connectivity index (χ2v) is 8.69. The number of amides is 2. The molecule has 3 rings (SSSR count). The van der Waals surface area contributed by atoms with E-state index in [0.717, 1.165) is 30.3 Å². The van der Waals surface area contributed by atoms with Crippen LogP contribution in [-0.2, 0) is 19.5 Å². The highest BCUT2D eigenvalue weighted by Crippen LogP contribution is 2.18. The fourth-order valence-corrected chi connectivity index (χ4v) is 3.53. The van der Waals surface area contributed by atoms with Gasteiger partial charge in [-0.15, -0.1) is 0 Å². The third-order valence-electron chi connectivity index (χ3n) is 5.61. The van der Waals surface area contributed by atoms with Crippen LogP contribution in [0.4, 0.5) is 4.79 Å². The average Bonchev–Trinajstić information content (AvgIpc) is 3.22. The molecule has 164 valence electrons. The number of nitrogens with zero attached hydrogens (tertiary/aromatic N) is 3. The Morgan fingerprint density at radius 3 is 2.53 bits per heavy atom. The number of aromatic nitrogens is 2. The lowest BCUT2D eigenvalue weighted by atomic mass is 9.99. The van der Waals surface area contributed by atoms with Crippen molar-refractivity contribution < 1.29 is 9.32 Å². The highest BCUT2D eigenvalue weighted by Gasteiger charge is 2.15. The fraction of sp³-hybridized carbons (Fsp3) is 0.609. The molecule has 2 aromatic rings. The van der Waals surface area contributed by atoms with Gasteiger partial charge in [0.1, 0.15) is 0 Å². The summed E-state index contributed by atoms with van der Waals surface area (Å²) in [5, 5.41) is 9.73. The first-order valence-electron chi connectivity index (χ1n) is 11.1. The monoisotopic (exact) mass is 413 g/mol. The van der Waals surface area contributed by atoms with Crippen molar-refractivity contribution in [3.63, 3.8) is 0 Å². The minimum absolute atomic E-state index is 0.157. The number of piperidine rings is 1. The zero-order valence-electron chi connectivity index (χ0n) is 18.5. The first-order valence-corrected chi connectivity index (χ1v) is 11.1. The third kappa shape index (κ3) is 7.13. The van der Waals surface area contributed by atoms with Gasteiger partial charge >= 0.3 is 6.03 Å². The minimum atomic E-state index is -0.157. The molecule has 0 saturated carbocycles. The van der Waals surface area contributed by atoms with E-state index in [2.05, 4.69) is 56.9 Å². The normalized spacial score (nSPS) is 15.5. The van der Waals surface area contributed by atoms with Gasteiger partial charge in [-0.2, -0.15) is 4.98 Å². The molecule has 0 unspecified atom stereocenters. The predicted octanol–water partition coefficient (Wildman–Crippen LogP) is 3.86. The Bertz CT molecular complexity index is 779. The molecule has 7 heteroatoms. The maximum absolute atomic E-state index is 12.0. The summed E-state index contributed by atoms with van der Waals surface area (Å²) in [7, 11) is 0. The summed E-state index contributed by atoms with van der Waals surface area (Å²) >= 11 is 0. The number of hydrogen-bond donors (Lipinski definition) is 2. The van der Waals surface area contributed by atoms with E-state index in [0.29, 0.717) is 25.4 Å². The molecule has 0 atom stereocenters. The second-order valence-electron chi connectivity index (χ2n) is 8.69. The van der Waals surface area contributed by atoms with Gasteiger partial charge in [-0.1, -0.05) is 50.2 Å². The largest absolute Gasteiger partial charge is 0.339 e. The third-order valence-corrected chi connectivity index (χ3v) is 5.61. The van der Waals surface area contributed by atoms with Crippen molar-refractivity contribution >= 4 is 6.03 Å². The molecule has 0 radical (unpaired) electrons. The lowest BCUT2D eigenvalue weighted by Crippen LogP contribution is -2.35. The van der Waals surface area contributed by atoms with Gasteiger partial charge in [0, 0.05) is 32.0 Å². The molecule has 1 saturated heterocycles. The molecule has 0 bridgehead atoms. The number of aryl methyl sites for hydroxylation is 1. The molecule has 2 heterocycles. The van der Waals surface area contributed by atoms with Crippen LogP contribution in [0, 0.1) is 5.92 Å². The van der Waals surface area contributed by atoms with Crippen LogP contribution in [0.25, 0.3) is 0 Å². The van der Waals surface area contributed by atoms with Gasteiger partial charge in [0.05, 0.1) is 0 Å². The van der Waals surface area contributed by atoms with Crippen molar-refractivity contribution in [1.29, 1.82) is 0 Å². The Kier molecular flexibility index (Phi) is 8.25. The van der Waals surface area contributed by atoms with E-state index >= 15 is 0 Å². The Hall–Kier alpha value is -2.41. The number of benzene rings is 1. The first-order chi connectivity index (χ1) is 14.5. The topological polar surface area (TPSA) is 83.3 Å². The Morgan fingerprint density at radius 2 is 1.87 bits per heavy atom. The minimum Gasteiger partial charge on any atom is -0.339 e. The smallest absolute Gasteiger partial charge is 0.315 e. The highest BCUT2D eigenvalue weighted by atomic mass is 16.5. The molecule has 2 amide bonds. The van der Waals surface area contributed by atoms with E-state index in [-0.39, 0.29) is 11.9 Å². The van der Waals surface area contributed by atoms with Gasteiger partial charge in [0.2, 0.25) is 5.89 Å². The summed E-state index contributed by atoms with van der Waals surface area (Å²) in [4.78, 5) is 18.9. The van der Waals surface area contributed by atoms with Gasteiger partial charge < -0.3 is 15.2 Å². The van der Waals surface area contributed by atoms with Crippen LogP contribution < -0.4 is 10.6 Å². The average molecular weight is 414 g/mol. The van der Waals surface area contributed by atoms with Crippen molar-refractivity contribution in [2.45, 2.75) is 65.5 Å². The fourth-order valence-electron chi connectivity index (χ4n) is 3.53. The first kappa shape index (κ1) is 22.3. The number of hydrogen-bond acceptors (Lipinski definition) is 5. The lowest BCUT2D eigenvalue weighted by molar-refractivity contribution is 0.185. The SMILES string of the molecule is CC1CCN(Cc2ccc(CNC(=O)NCCCc3nc(C(C)C)no3)cc2)CC1. The molecule has 0 spiro atoms. The molecule has 0 aliphatic carbocycles.